The smallest absolute Gasteiger partial charge is 0.410 e. The van der Waals surface area contributed by atoms with Gasteiger partial charge in [0.25, 0.3) is 5.56 Å². The topological polar surface area (TPSA) is 107 Å². The lowest BCUT2D eigenvalue weighted by Gasteiger charge is -2.31. The Morgan fingerprint density at radius 1 is 1.13 bits per heavy atom. The molecule has 1 aromatic carbocycles. The van der Waals surface area contributed by atoms with E-state index in [0.717, 1.165) is 28.9 Å². The van der Waals surface area contributed by atoms with Crippen molar-refractivity contribution in [3.8, 4) is 5.13 Å². The fourth-order valence-electron chi connectivity index (χ4n) is 4.52. The highest BCUT2D eigenvalue weighted by Gasteiger charge is 2.26. The number of benzene rings is 1. The Morgan fingerprint density at radius 3 is 2.56 bits per heavy atom. The molecular formula is C28H35N7O3S. The van der Waals surface area contributed by atoms with Crippen molar-refractivity contribution in [2.24, 2.45) is 0 Å². The van der Waals surface area contributed by atoms with Gasteiger partial charge in [-0.25, -0.2) is 24.1 Å². The summed E-state index contributed by atoms with van der Waals surface area (Å²) in [5, 5.41) is 6.47. The van der Waals surface area contributed by atoms with Crippen LogP contribution < -0.4 is 10.9 Å². The van der Waals surface area contributed by atoms with Crippen LogP contribution in [0.25, 0.3) is 16.2 Å². The number of thiazole rings is 1. The molecule has 0 atom stereocenters. The minimum Gasteiger partial charge on any atom is -0.444 e. The molecule has 11 heteroatoms. The van der Waals surface area contributed by atoms with E-state index in [4.69, 9.17) is 14.7 Å². The molecule has 3 aromatic heterocycles. The summed E-state index contributed by atoms with van der Waals surface area (Å²) in [7, 11) is 0. The fraction of sp³-hybridized carbons (Fsp3) is 0.464. The van der Waals surface area contributed by atoms with Crippen LogP contribution in [0.15, 0.2) is 34.6 Å². The van der Waals surface area contributed by atoms with Gasteiger partial charge in [0.2, 0.25) is 11.1 Å². The molecule has 1 amide bonds. The van der Waals surface area contributed by atoms with Crippen molar-refractivity contribution in [3.05, 3.63) is 57.0 Å². The quantitative estimate of drug-likeness (QED) is 0.364. The van der Waals surface area contributed by atoms with E-state index in [1.807, 2.05) is 45.2 Å². The van der Waals surface area contributed by atoms with Crippen LogP contribution in [0.4, 0.5) is 16.4 Å². The van der Waals surface area contributed by atoms with Gasteiger partial charge in [-0.15, -0.1) is 11.3 Å². The van der Waals surface area contributed by atoms with Crippen LogP contribution in [-0.2, 0) is 29.7 Å². The largest absolute Gasteiger partial charge is 0.444 e. The second-order valence-electron chi connectivity index (χ2n) is 11.8. The molecule has 4 heterocycles. The average Bonchev–Trinajstić information content (AvgIpc) is 3.45. The van der Waals surface area contributed by atoms with E-state index in [9.17, 15) is 9.59 Å². The van der Waals surface area contributed by atoms with Crippen LogP contribution >= 0.6 is 11.3 Å². The predicted molar refractivity (Wildman–Crippen MR) is 153 cm³/mol. The van der Waals surface area contributed by atoms with Gasteiger partial charge >= 0.3 is 6.09 Å². The fourth-order valence-corrected chi connectivity index (χ4v) is 5.58. The van der Waals surface area contributed by atoms with Crippen molar-refractivity contribution in [1.82, 2.24) is 29.2 Å². The number of anilines is 2. The van der Waals surface area contributed by atoms with Crippen molar-refractivity contribution >= 4 is 40.1 Å². The minimum atomic E-state index is -0.524. The zero-order valence-corrected chi connectivity index (χ0v) is 24.3. The lowest BCUT2D eigenvalue weighted by atomic mass is 9.93. The van der Waals surface area contributed by atoms with E-state index in [2.05, 4.69) is 37.1 Å². The third kappa shape index (κ3) is 5.40. The number of fused-ring (bicyclic) bond motifs is 2. The van der Waals surface area contributed by atoms with Crippen molar-refractivity contribution in [2.75, 3.05) is 11.9 Å². The summed E-state index contributed by atoms with van der Waals surface area (Å²) in [5.74, 6) is 0.392. The van der Waals surface area contributed by atoms with Crippen LogP contribution in [0.5, 0.6) is 0 Å². The number of rotatable bonds is 4. The number of amides is 1. The molecule has 1 aliphatic heterocycles. The maximum atomic E-state index is 13.1. The van der Waals surface area contributed by atoms with E-state index in [0.29, 0.717) is 41.7 Å². The first-order valence-electron chi connectivity index (χ1n) is 13.2. The maximum Gasteiger partial charge on any atom is 0.410 e. The molecule has 10 nitrogen and oxygen atoms in total. The van der Waals surface area contributed by atoms with E-state index < -0.39 is 5.60 Å². The van der Waals surface area contributed by atoms with Crippen LogP contribution in [0.2, 0.25) is 0 Å². The molecule has 0 fully saturated rings. The highest BCUT2D eigenvalue weighted by atomic mass is 32.1. The Bertz CT molecular complexity index is 1600. The summed E-state index contributed by atoms with van der Waals surface area (Å²) in [6.07, 6.45) is 2.01. The molecule has 0 unspecified atom stereocenters. The van der Waals surface area contributed by atoms with Gasteiger partial charge in [-0.1, -0.05) is 26.8 Å². The molecule has 39 heavy (non-hydrogen) atoms. The SMILES string of the molecule is CCn1c(=O)c2cnc(Nc3ccc4c(c3)CCN(C(=O)OC(C)(C)C)C4)nc2n1-c1nc(C(C)(C)C)cs1. The number of carbonyl (C=O) groups is 1. The molecule has 1 N–H and O–H groups in total. The molecule has 5 rings (SSSR count). The van der Waals surface area contributed by atoms with Crippen molar-refractivity contribution in [1.29, 1.82) is 0 Å². The number of nitrogens with zero attached hydrogens (tertiary/aromatic N) is 6. The highest BCUT2D eigenvalue weighted by Crippen LogP contribution is 2.28. The molecular weight excluding hydrogens is 514 g/mol. The molecule has 4 aromatic rings. The average molecular weight is 550 g/mol. The number of nitrogens with one attached hydrogen (secondary N) is 1. The number of aromatic nitrogens is 5. The molecule has 0 saturated carbocycles. The van der Waals surface area contributed by atoms with E-state index in [1.165, 1.54) is 11.3 Å². The Labute approximate surface area is 231 Å². The number of ether oxygens (including phenoxy) is 1. The van der Waals surface area contributed by atoms with Crippen LogP contribution in [0, 0.1) is 0 Å². The summed E-state index contributed by atoms with van der Waals surface area (Å²) in [4.78, 5) is 41.4. The molecule has 1 aliphatic rings. The van der Waals surface area contributed by atoms with Crippen LogP contribution in [-0.4, -0.2) is 47.5 Å². The normalized spacial score (nSPS) is 14.0. The van der Waals surface area contributed by atoms with Crippen molar-refractivity contribution in [2.45, 2.75) is 79.0 Å². The number of hydrogen-bond acceptors (Lipinski definition) is 8. The van der Waals surface area contributed by atoms with Gasteiger partial charge in [-0.3, -0.25) is 4.79 Å². The summed E-state index contributed by atoms with van der Waals surface area (Å²) in [6.45, 7) is 15.5. The van der Waals surface area contributed by atoms with E-state index >= 15 is 0 Å². The van der Waals surface area contributed by atoms with Crippen LogP contribution in [0.1, 0.15) is 65.3 Å². The Balaban J connectivity index is 1.43. The van der Waals surface area contributed by atoms with Crippen molar-refractivity contribution < 1.29 is 9.53 Å². The summed E-state index contributed by atoms with van der Waals surface area (Å²) in [5.41, 5.74) is 3.79. The standard InChI is InChI=1S/C28H35N7O3S/c1-8-34-23(36)20-14-29-24(32-22(20)35(34)25-31-21(16-39-25)27(2,3)4)30-19-10-9-18-15-33(12-11-17(18)13-19)26(37)38-28(5,6)7/h9-10,13-14,16H,8,11-12,15H2,1-7H3,(H,29,30,32). The first-order valence-corrected chi connectivity index (χ1v) is 14.0. The van der Waals surface area contributed by atoms with E-state index in [1.54, 1.807) is 20.5 Å². The first-order chi connectivity index (χ1) is 18.3. The van der Waals surface area contributed by atoms with E-state index in [-0.39, 0.29) is 17.1 Å². The second-order valence-corrected chi connectivity index (χ2v) is 12.6. The molecule has 0 bridgehead atoms. The van der Waals surface area contributed by atoms with Gasteiger partial charge in [-0.2, -0.15) is 4.98 Å². The maximum absolute atomic E-state index is 13.1. The molecule has 0 spiro atoms. The zero-order chi connectivity index (χ0) is 28.1. The number of carbonyl (C=O) groups excluding carboxylic acids is 1. The second kappa shape index (κ2) is 9.78. The molecule has 206 valence electrons. The van der Waals surface area contributed by atoms with Crippen molar-refractivity contribution in [3.63, 3.8) is 0 Å². The van der Waals surface area contributed by atoms with Gasteiger partial charge in [0, 0.05) is 42.3 Å². The third-order valence-corrected chi connectivity index (χ3v) is 7.36. The Hall–Kier alpha value is -3.73. The lowest BCUT2D eigenvalue weighted by Crippen LogP contribution is -2.39. The monoisotopic (exact) mass is 549 g/mol. The molecule has 0 saturated heterocycles. The highest BCUT2D eigenvalue weighted by molar-refractivity contribution is 7.12. The lowest BCUT2D eigenvalue weighted by molar-refractivity contribution is 0.0224. The Kier molecular flexibility index (Phi) is 6.74. The first kappa shape index (κ1) is 26.9. The van der Waals surface area contributed by atoms with Gasteiger partial charge in [0.1, 0.15) is 11.0 Å². The third-order valence-electron chi connectivity index (χ3n) is 6.54. The predicted octanol–water partition coefficient (Wildman–Crippen LogP) is 5.39. The molecule has 0 radical (unpaired) electrons. The summed E-state index contributed by atoms with van der Waals surface area (Å²) >= 11 is 1.49. The van der Waals surface area contributed by atoms with Gasteiger partial charge in [0.15, 0.2) is 5.65 Å². The van der Waals surface area contributed by atoms with Gasteiger partial charge in [0.05, 0.1) is 5.69 Å². The van der Waals surface area contributed by atoms with Crippen LogP contribution in [0.3, 0.4) is 0 Å². The van der Waals surface area contributed by atoms with Gasteiger partial charge in [-0.05, 0) is 57.4 Å². The Morgan fingerprint density at radius 2 is 1.90 bits per heavy atom. The summed E-state index contributed by atoms with van der Waals surface area (Å²) < 4.78 is 8.97. The minimum absolute atomic E-state index is 0.104. The summed E-state index contributed by atoms with van der Waals surface area (Å²) in [6, 6.07) is 6.03. The number of hydrogen-bond donors (Lipinski definition) is 1. The zero-order valence-electron chi connectivity index (χ0n) is 23.5. The molecule has 0 aliphatic carbocycles. The van der Waals surface area contributed by atoms with Gasteiger partial charge < -0.3 is 15.0 Å².